The van der Waals surface area contributed by atoms with Crippen LogP contribution < -0.4 is 10.6 Å². The minimum absolute atomic E-state index is 0.742. The summed E-state index contributed by atoms with van der Waals surface area (Å²) in [6, 6.07) is 6.34. The van der Waals surface area contributed by atoms with Crippen LogP contribution >= 0.6 is 0 Å². The van der Waals surface area contributed by atoms with E-state index in [0.717, 1.165) is 23.0 Å². The molecule has 2 heterocycles. The first kappa shape index (κ1) is 12.5. The van der Waals surface area contributed by atoms with Crippen LogP contribution in [0.4, 0.5) is 17.3 Å². The molecular weight excluding hydrogens is 250 g/mol. The van der Waals surface area contributed by atoms with Crippen molar-refractivity contribution < 1.29 is 0 Å². The molecule has 0 fully saturated rings. The molecule has 0 aliphatic heterocycles. The first-order chi connectivity index (χ1) is 9.65. The Morgan fingerprint density at radius 3 is 2.55 bits per heavy atom. The van der Waals surface area contributed by atoms with Crippen LogP contribution in [0.1, 0.15) is 11.1 Å². The minimum Gasteiger partial charge on any atom is -0.372 e. The van der Waals surface area contributed by atoms with Crippen LogP contribution in [0.25, 0.3) is 5.65 Å². The molecule has 0 aliphatic rings. The van der Waals surface area contributed by atoms with Gasteiger partial charge < -0.3 is 15.0 Å². The molecule has 20 heavy (non-hydrogen) atoms. The Bertz CT molecular complexity index is 740. The van der Waals surface area contributed by atoms with Crippen molar-refractivity contribution >= 4 is 23.0 Å². The van der Waals surface area contributed by atoms with Crippen LogP contribution in [-0.2, 0) is 0 Å². The largest absolute Gasteiger partial charge is 0.372 e. The van der Waals surface area contributed by atoms with Crippen LogP contribution in [0.3, 0.4) is 0 Å². The molecule has 0 spiro atoms. The fourth-order valence-corrected chi connectivity index (χ4v) is 2.32. The van der Waals surface area contributed by atoms with Crippen LogP contribution in [0, 0.1) is 13.8 Å². The van der Waals surface area contributed by atoms with Crippen LogP contribution in [-0.4, -0.2) is 21.4 Å². The Morgan fingerprint density at radius 1 is 1.10 bits per heavy atom. The second-order valence-corrected chi connectivity index (χ2v) is 4.88. The van der Waals surface area contributed by atoms with E-state index < -0.39 is 0 Å². The first-order valence-electron chi connectivity index (χ1n) is 6.52. The number of fused-ring (bicyclic) bond motifs is 1. The number of anilines is 3. The van der Waals surface area contributed by atoms with E-state index in [1.54, 1.807) is 6.20 Å². The van der Waals surface area contributed by atoms with Gasteiger partial charge in [0.1, 0.15) is 5.82 Å². The Hall–Kier alpha value is -2.56. The number of hydrogen-bond donors (Lipinski definition) is 2. The van der Waals surface area contributed by atoms with Gasteiger partial charge in [-0.25, -0.2) is 9.97 Å². The summed E-state index contributed by atoms with van der Waals surface area (Å²) >= 11 is 0. The van der Waals surface area contributed by atoms with E-state index >= 15 is 0 Å². The summed E-state index contributed by atoms with van der Waals surface area (Å²) in [4.78, 5) is 8.89. The van der Waals surface area contributed by atoms with Gasteiger partial charge in [-0.3, -0.25) is 0 Å². The van der Waals surface area contributed by atoms with Crippen molar-refractivity contribution in [2.75, 3.05) is 17.7 Å². The second kappa shape index (κ2) is 4.85. The maximum absolute atomic E-state index is 4.54. The van der Waals surface area contributed by atoms with E-state index in [1.165, 1.54) is 11.1 Å². The molecule has 3 aromatic rings. The third kappa shape index (κ3) is 2.30. The number of rotatable bonds is 3. The average Bonchev–Trinajstić information content (AvgIpc) is 2.85. The summed E-state index contributed by atoms with van der Waals surface area (Å²) in [5.74, 6) is 1.54. The molecular formula is C15H17N5. The van der Waals surface area contributed by atoms with Gasteiger partial charge in [0.25, 0.3) is 0 Å². The zero-order valence-electron chi connectivity index (χ0n) is 11.8. The number of nitrogens with zero attached hydrogens (tertiary/aromatic N) is 3. The van der Waals surface area contributed by atoms with E-state index in [4.69, 9.17) is 0 Å². The van der Waals surface area contributed by atoms with Crippen LogP contribution in [0.5, 0.6) is 0 Å². The SMILES string of the molecule is CNc1cn2ccnc2c(Nc2cc(C)cc(C)c2)n1. The van der Waals surface area contributed by atoms with Crippen molar-refractivity contribution in [3.8, 4) is 0 Å². The van der Waals surface area contributed by atoms with Crippen molar-refractivity contribution in [1.29, 1.82) is 0 Å². The Kier molecular flexibility index (Phi) is 3.02. The minimum atomic E-state index is 0.742. The molecule has 0 bridgehead atoms. The summed E-state index contributed by atoms with van der Waals surface area (Å²) in [5.41, 5.74) is 4.27. The predicted molar refractivity (Wildman–Crippen MR) is 81.7 cm³/mol. The lowest BCUT2D eigenvalue weighted by atomic mass is 10.1. The summed E-state index contributed by atoms with van der Waals surface area (Å²) in [7, 11) is 1.85. The van der Waals surface area contributed by atoms with E-state index in [-0.39, 0.29) is 0 Å². The van der Waals surface area contributed by atoms with Gasteiger partial charge in [0.15, 0.2) is 11.5 Å². The number of hydrogen-bond acceptors (Lipinski definition) is 4. The van der Waals surface area contributed by atoms with Crippen molar-refractivity contribution in [3.63, 3.8) is 0 Å². The van der Waals surface area contributed by atoms with Crippen LogP contribution in [0.15, 0.2) is 36.8 Å². The van der Waals surface area contributed by atoms with Gasteiger partial charge in [-0.2, -0.15) is 0 Å². The number of aromatic nitrogens is 3. The van der Waals surface area contributed by atoms with Gasteiger partial charge in [-0.15, -0.1) is 0 Å². The highest BCUT2D eigenvalue weighted by molar-refractivity contribution is 5.72. The zero-order valence-corrected chi connectivity index (χ0v) is 11.8. The fourth-order valence-electron chi connectivity index (χ4n) is 2.32. The second-order valence-electron chi connectivity index (χ2n) is 4.88. The molecule has 0 atom stereocenters. The normalized spacial score (nSPS) is 10.8. The third-order valence-electron chi connectivity index (χ3n) is 3.11. The standard InChI is InChI=1S/C15H17N5/c1-10-6-11(2)8-12(7-10)18-14-15-17-4-5-20(15)9-13(16-3)19-14/h4-9,16H,1-3H3,(H,18,19). The first-order valence-corrected chi connectivity index (χ1v) is 6.52. The number of imidazole rings is 1. The van der Waals surface area contributed by atoms with Gasteiger partial charge in [-0.1, -0.05) is 6.07 Å². The molecule has 0 radical (unpaired) electrons. The molecule has 102 valence electrons. The molecule has 0 amide bonds. The van der Waals surface area contributed by atoms with Gasteiger partial charge >= 0.3 is 0 Å². The van der Waals surface area contributed by atoms with Gasteiger partial charge in [-0.05, 0) is 37.1 Å². The fraction of sp³-hybridized carbons (Fsp3) is 0.200. The molecule has 5 nitrogen and oxygen atoms in total. The Labute approximate surface area is 117 Å². The topological polar surface area (TPSA) is 54.2 Å². The molecule has 5 heteroatoms. The number of benzene rings is 1. The lowest BCUT2D eigenvalue weighted by Crippen LogP contribution is -2.02. The van der Waals surface area contributed by atoms with E-state index in [9.17, 15) is 0 Å². The molecule has 0 saturated heterocycles. The van der Waals surface area contributed by atoms with Crippen molar-refractivity contribution in [2.24, 2.45) is 0 Å². The quantitative estimate of drug-likeness (QED) is 0.765. The monoisotopic (exact) mass is 267 g/mol. The van der Waals surface area contributed by atoms with E-state index in [1.807, 2.05) is 23.8 Å². The summed E-state index contributed by atoms with van der Waals surface area (Å²) in [6.45, 7) is 4.17. The summed E-state index contributed by atoms with van der Waals surface area (Å²) < 4.78 is 1.95. The molecule has 0 aliphatic carbocycles. The van der Waals surface area contributed by atoms with Crippen LogP contribution in [0.2, 0.25) is 0 Å². The lowest BCUT2D eigenvalue weighted by molar-refractivity contribution is 1.12. The molecule has 1 aromatic carbocycles. The predicted octanol–water partition coefficient (Wildman–Crippen LogP) is 3.13. The highest BCUT2D eigenvalue weighted by Gasteiger charge is 2.07. The molecule has 3 rings (SSSR count). The van der Waals surface area contributed by atoms with Gasteiger partial charge in [0.2, 0.25) is 0 Å². The molecule has 0 saturated carbocycles. The number of aryl methyl sites for hydroxylation is 2. The highest BCUT2D eigenvalue weighted by atomic mass is 15.1. The summed E-state index contributed by atoms with van der Waals surface area (Å²) in [5, 5.41) is 6.41. The maximum atomic E-state index is 4.54. The Morgan fingerprint density at radius 2 is 1.85 bits per heavy atom. The van der Waals surface area contributed by atoms with Crippen molar-refractivity contribution in [2.45, 2.75) is 13.8 Å². The van der Waals surface area contributed by atoms with E-state index in [2.05, 4.69) is 52.6 Å². The Balaban J connectivity index is 2.07. The third-order valence-corrected chi connectivity index (χ3v) is 3.11. The molecule has 2 aromatic heterocycles. The van der Waals surface area contributed by atoms with E-state index in [0.29, 0.717) is 0 Å². The molecule has 0 unspecified atom stereocenters. The smallest absolute Gasteiger partial charge is 0.180 e. The van der Waals surface area contributed by atoms with Crippen molar-refractivity contribution in [3.05, 3.63) is 47.9 Å². The maximum Gasteiger partial charge on any atom is 0.180 e. The highest BCUT2D eigenvalue weighted by Crippen LogP contribution is 2.22. The average molecular weight is 267 g/mol. The number of nitrogens with one attached hydrogen (secondary N) is 2. The lowest BCUT2D eigenvalue weighted by Gasteiger charge is -2.10. The van der Waals surface area contributed by atoms with Gasteiger partial charge in [0, 0.05) is 25.1 Å². The molecule has 2 N–H and O–H groups in total. The zero-order chi connectivity index (χ0) is 14.1. The van der Waals surface area contributed by atoms with Gasteiger partial charge in [0.05, 0.1) is 6.20 Å². The summed E-state index contributed by atoms with van der Waals surface area (Å²) in [6.07, 6.45) is 5.59. The van der Waals surface area contributed by atoms with Crippen molar-refractivity contribution in [1.82, 2.24) is 14.4 Å².